The molecule has 0 aliphatic carbocycles. The van der Waals surface area contributed by atoms with Crippen LogP contribution in [0, 0.1) is 5.92 Å². The molecule has 0 aromatic rings. The molecule has 2 atom stereocenters. The quantitative estimate of drug-likeness (QED) is 0.283. The smallest absolute Gasteiger partial charge is 0.192 e. The van der Waals surface area contributed by atoms with Crippen molar-refractivity contribution in [1.82, 2.24) is 0 Å². The summed E-state index contributed by atoms with van der Waals surface area (Å²) in [6.07, 6.45) is 3.61. The Bertz CT molecular complexity index is 394. The van der Waals surface area contributed by atoms with Crippen molar-refractivity contribution in [2.24, 2.45) is 5.92 Å². The van der Waals surface area contributed by atoms with Crippen LogP contribution in [0.5, 0.6) is 0 Å². The van der Waals surface area contributed by atoms with Crippen molar-refractivity contribution in [2.75, 3.05) is 6.61 Å². The van der Waals surface area contributed by atoms with Crippen LogP contribution in [-0.4, -0.2) is 26.1 Å². The van der Waals surface area contributed by atoms with Gasteiger partial charge in [0, 0.05) is 0 Å². The van der Waals surface area contributed by atoms with Crippen LogP contribution in [-0.2, 0) is 4.43 Å². The molecule has 0 radical (unpaired) electrons. The van der Waals surface area contributed by atoms with Gasteiger partial charge >= 0.3 is 0 Å². The second kappa shape index (κ2) is 9.60. The van der Waals surface area contributed by atoms with Crippen molar-refractivity contribution >= 4 is 30.9 Å². The normalized spacial score (nSPS) is 17.5. The third kappa shape index (κ3) is 8.27. The standard InChI is InChI=1S/C18H35IO2Si/c1-14(9-10-21-22(7,8)18(4,5)6)11-16(3)17(20)12-15(2)13-19/h9,13,16-17,20H,10-12H2,1-8H3/b14-9+,15-13+/t16-,17-/m1/s1. The maximum Gasteiger partial charge on any atom is 0.192 e. The number of rotatable bonds is 8. The van der Waals surface area contributed by atoms with Crippen LogP contribution in [0.4, 0.5) is 0 Å². The van der Waals surface area contributed by atoms with Gasteiger partial charge in [-0.25, -0.2) is 0 Å². The summed E-state index contributed by atoms with van der Waals surface area (Å²) >= 11 is 2.23. The largest absolute Gasteiger partial charge is 0.413 e. The zero-order valence-corrected chi connectivity index (χ0v) is 18.8. The maximum absolute atomic E-state index is 10.2. The number of aliphatic hydroxyl groups excluding tert-OH is 1. The first-order valence-electron chi connectivity index (χ1n) is 8.14. The molecule has 0 spiro atoms. The van der Waals surface area contributed by atoms with Crippen molar-refractivity contribution in [3.8, 4) is 0 Å². The van der Waals surface area contributed by atoms with Crippen LogP contribution in [0.2, 0.25) is 18.1 Å². The molecule has 0 fully saturated rings. The van der Waals surface area contributed by atoms with Gasteiger partial charge in [-0.15, -0.1) is 0 Å². The highest BCUT2D eigenvalue weighted by molar-refractivity contribution is 14.1. The summed E-state index contributed by atoms with van der Waals surface area (Å²) in [5.41, 5.74) is 2.55. The summed E-state index contributed by atoms with van der Waals surface area (Å²) in [5.74, 6) is 0.274. The van der Waals surface area contributed by atoms with Gasteiger partial charge in [0.1, 0.15) is 0 Å². The lowest BCUT2D eigenvalue weighted by Gasteiger charge is -2.35. The van der Waals surface area contributed by atoms with Gasteiger partial charge in [0.05, 0.1) is 12.7 Å². The first-order chi connectivity index (χ1) is 9.90. The van der Waals surface area contributed by atoms with E-state index in [-0.39, 0.29) is 17.1 Å². The van der Waals surface area contributed by atoms with Crippen molar-refractivity contribution in [3.63, 3.8) is 0 Å². The third-order valence-electron chi connectivity index (χ3n) is 4.70. The molecule has 0 aromatic carbocycles. The molecule has 0 rings (SSSR count). The predicted molar refractivity (Wildman–Crippen MR) is 109 cm³/mol. The molecule has 0 aliphatic heterocycles. The molecule has 0 amide bonds. The Morgan fingerprint density at radius 1 is 1.18 bits per heavy atom. The number of aliphatic hydroxyl groups is 1. The van der Waals surface area contributed by atoms with Gasteiger partial charge in [0.25, 0.3) is 0 Å². The molecule has 0 bridgehead atoms. The molecule has 4 heteroatoms. The van der Waals surface area contributed by atoms with E-state index < -0.39 is 8.32 Å². The lowest BCUT2D eigenvalue weighted by atomic mass is 9.93. The third-order valence-corrected chi connectivity index (χ3v) is 10.3. The molecule has 0 unspecified atom stereocenters. The summed E-state index contributed by atoms with van der Waals surface area (Å²) < 4.78 is 8.22. The summed E-state index contributed by atoms with van der Waals surface area (Å²) in [6.45, 7) is 18.4. The Morgan fingerprint density at radius 2 is 1.73 bits per heavy atom. The molecular formula is C18H35IO2Si. The molecule has 1 N–H and O–H groups in total. The highest BCUT2D eigenvalue weighted by Crippen LogP contribution is 2.36. The van der Waals surface area contributed by atoms with E-state index in [0.29, 0.717) is 6.61 Å². The fourth-order valence-electron chi connectivity index (χ4n) is 1.91. The zero-order chi connectivity index (χ0) is 17.6. The minimum absolute atomic E-state index is 0.252. The highest BCUT2D eigenvalue weighted by Gasteiger charge is 2.36. The van der Waals surface area contributed by atoms with Crippen LogP contribution in [0.3, 0.4) is 0 Å². The average molecular weight is 438 g/mol. The Labute approximate surface area is 152 Å². The average Bonchev–Trinajstić information content (AvgIpc) is 2.36. The number of allylic oxidation sites excluding steroid dienone is 1. The lowest BCUT2D eigenvalue weighted by molar-refractivity contribution is 0.116. The topological polar surface area (TPSA) is 29.5 Å². The van der Waals surface area contributed by atoms with Gasteiger partial charge in [-0.2, -0.15) is 0 Å². The zero-order valence-electron chi connectivity index (χ0n) is 15.7. The van der Waals surface area contributed by atoms with Gasteiger partial charge in [-0.3, -0.25) is 0 Å². The maximum atomic E-state index is 10.2. The molecule has 2 nitrogen and oxygen atoms in total. The monoisotopic (exact) mass is 438 g/mol. The Kier molecular flexibility index (Phi) is 9.75. The minimum atomic E-state index is -1.66. The number of hydrogen-bond acceptors (Lipinski definition) is 2. The molecule has 0 saturated carbocycles. The van der Waals surface area contributed by atoms with Crippen molar-refractivity contribution in [2.45, 2.75) is 78.6 Å². The van der Waals surface area contributed by atoms with Crippen molar-refractivity contribution in [3.05, 3.63) is 21.3 Å². The van der Waals surface area contributed by atoms with Gasteiger partial charge in [-0.1, -0.05) is 67.5 Å². The fourth-order valence-corrected chi connectivity index (χ4v) is 3.10. The molecule has 0 heterocycles. The Morgan fingerprint density at radius 3 is 2.18 bits per heavy atom. The van der Waals surface area contributed by atoms with E-state index in [1.807, 2.05) is 4.08 Å². The molecule has 22 heavy (non-hydrogen) atoms. The van der Waals surface area contributed by atoms with E-state index in [4.69, 9.17) is 4.43 Å². The summed E-state index contributed by atoms with van der Waals surface area (Å²) in [4.78, 5) is 0. The van der Waals surface area contributed by atoms with Gasteiger partial charge < -0.3 is 9.53 Å². The van der Waals surface area contributed by atoms with Gasteiger partial charge in [0.15, 0.2) is 8.32 Å². The highest BCUT2D eigenvalue weighted by atomic mass is 127. The second-order valence-corrected chi connectivity index (χ2v) is 13.5. The van der Waals surface area contributed by atoms with E-state index in [1.54, 1.807) is 0 Å². The number of halogens is 1. The van der Waals surface area contributed by atoms with E-state index in [1.165, 1.54) is 11.1 Å². The minimum Gasteiger partial charge on any atom is -0.413 e. The van der Waals surface area contributed by atoms with Crippen molar-refractivity contribution < 1.29 is 9.53 Å². The molecule has 0 aliphatic rings. The second-order valence-electron chi connectivity index (χ2n) is 8.03. The Balaban J connectivity index is 4.40. The van der Waals surface area contributed by atoms with E-state index in [9.17, 15) is 5.11 Å². The summed E-state index contributed by atoms with van der Waals surface area (Å²) in [7, 11) is -1.66. The molecule has 0 saturated heterocycles. The van der Waals surface area contributed by atoms with Crippen LogP contribution in [0.25, 0.3) is 0 Å². The van der Waals surface area contributed by atoms with Crippen LogP contribution < -0.4 is 0 Å². The molecule has 0 aromatic heterocycles. The van der Waals surface area contributed by atoms with E-state index >= 15 is 0 Å². The van der Waals surface area contributed by atoms with Crippen LogP contribution in [0.1, 0.15) is 54.4 Å². The SMILES string of the molecule is C/C(=C\CO[Si](C)(C)C(C)(C)C)C[C@@H](C)[C@H](O)C/C(C)=C/I. The first-order valence-corrected chi connectivity index (χ1v) is 12.3. The predicted octanol–water partition coefficient (Wildman–Crippen LogP) is 6.07. The van der Waals surface area contributed by atoms with Crippen LogP contribution in [0.15, 0.2) is 21.3 Å². The molecule has 130 valence electrons. The summed E-state index contributed by atoms with van der Waals surface area (Å²) in [6, 6.07) is 0. The fraction of sp³-hybridized carbons (Fsp3) is 0.778. The Hall–Kier alpha value is 0.347. The van der Waals surface area contributed by atoms with Gasteiger partial charge in [-0.05, 0) is 54.8 Å². The van der Waals surface area contributed by atoms with E-state index in [2.05, 4.69) is 83.3 Å². The first kappa shape index (κ1) is 22.3. The van der Waals surface area contributed by atoms with E-state index in [0.717, 1.165) is 12.8 Å². The summed E-state index contributed by atoms with van der Waals surface area (Å²) in [5, 5.41) is 10.5. The van der Waals surface area contributed by atoms with Crippen molar-refractivity contribution in [1.29, 1.82) is 0 Å². The number of hydrogen-bond donors (Lipinski definition) is 1. The van der Waals surface area contributed by atoms with Gasteiger partial charge in [0.2, 0.25) is 0 Å². The van der Waals surface area contributed by atoms with Crippen LogP contribution >= 0.6 is 22.6 Å². The lowest BCUT2D eigenvalue weighted by Crippen LogP contribution is -2.40. The molecular weight excluding hydrogens is 403 g/mol.